The van der Waals surface area contributed by atoms with Crippen molar-refractivity contribution in [2.45, 2.75) is 78.5 Å². The Morgan fingerprint density at radius 3 is 2.31 bits per heavy atom. The lowest BCUT2D eigenvalue weighted by Gasteiger charge is -2.34. The van der Waals surface area contributed by atoms with Crippen LogP contribution in [0.5, 0.6) is 5.75 Å². The highest BCUT2D eigenvalue weighted by Crippen LogP contribution is 2.34. The average molecular weight is 578 g/mol. The van der Waals surface area contributed by atoms with Gasteiger partial charge in [-0.1, -0.05) is 61.7 Å². The van der Waals surface area contributed by atoms with Gasteiger partial charge in [-0.3, -0.25) is 9.59 Å². The van der Waals surface area contributed by atoms with Crippen LogP contribution in [-0.2, 0) is 14.3 Å². The fourth-order valence-electron chi connectivity index (χ4n) is 4.07. The van der Waals surface area contributed by atoms with Gasteiger partial charge in [-0.05, 0) is 58.2 Å². The molecule has 2 aromatic carbocycles. The van der Waals surface area contributed by atoms with Gasteiger partial charge in [-0.15, -0.1) is 0 Å². The van der Waals surface area contributed by atoms with Crippen LogP contribution in [0.3, 0.4) is 0 Å². The maximum atomic E-state index is 14.0. The van der Waals surface area contributed by atoms with Gasteiger partial charge in [0.25, 0.3) is 5.91 Å². The van der Waals surface area contributed by atoms with Crippen molar-refractivity contribution >= 4 is 47.8 Å². The van der Waals surface area contributed by atoms with Crippen LogP contribution in [0, 0.1) is 13.8 Å². The molecule has 2 atom stereocenters. The summed E-state index contributed by atoms with van der Waals surface area (Å²) in [4.78, 5) is 41.9. The number of phenols is 1. The molecule has 2 unspecified atom stereocenters. The van der Waals surface area contributed by atoms with E-state index in [0.717, 1.165) is 18.4 Å². The maximum absolute atomic E-state index is 14.0. The van der Waals surface area contributed by atoms with Gasteiger partial charge in [0.05, 0.1) is 10.7 Å². The van der Waals surface area contributed by atoms with Crippen molar-refractivity contribution in [2.24, 2.45) is 0 Å². The fraction of sp³-hybridized carbons (Fsp3) is 0.483. The van der Waals surface area contributed by atoms with E-state index in [-0.39, 0.29) is 23.6 Å². The lowest BCUT2D eigenvalue weighted by molar-refractivity contribution is -0.140. The molecule has 0 fully saturated rings. The molecule has 2 aromatic rings. The minimum absolute atomic E-state index is 0.0277. The van der Waals surface area contributed by atoms with Gasteiger partial charge in [0.1, 0.15) is 23.4 Å². The zero-order chi connectivity index (χ0) is 29.3. The highest BCUT2D eigenvalue weighted by atomic mass is 35.5. The number of ether oxygens (including phenoxy) is 1. The number of phenolic OH excluding ortho intramolecular Hbond substituents is 1. The topological polar surface area (TPSA) is 108 Å². The first-order chi connectivity index (χ1) is 18.3. The number of rotatable bonds is 11. The lowest BCUT2D eigenvalue weighted by atomic mass is 9.98. The number of nitrogens with one attached hydrogen (secondary N) is 2. The van der Waals surface area contributed by atoms with Crippen LogP contribution < -0.4 is 10.6 Å². The molecular weight excluding hydrogens is 538 g/mol. The number of hydrogen-bond acceptors (Lipinski definition) is 6. The number of hydrogen-bond donors (Lipinski definition) is 4. The molecule has 10 heteroatoms. The van der Waals surface area contributed by atoms with Crippen LogP contribution in [0.15, 0.2) is 36.4 Å². The molecular formula is C29H40ClN3O5S. The van der Waals surface area contributed by atoms with Crippen molar-refractivity contribution in [3.05, 3.63) is 58.1 Å². The van der Waals surface area contributed by atoms with Gasteiger partial charge in [0.15, 0.2) is 0 Å². The first kappa shape index (κ1) is 32.3. The summed E-state index contributed by atoms with van der Waals surface area (Å²) in [5.41, 5.74) is 1.21. The predicted molar refractivity (Wildman–Crippen MR) is 159 cm³/mol. The highest BCUT2D eigenvalue weighted by molar-refractivity contribution is 7.80. The van der Waals surface area contributed by atoms with E-state index in [2.05, 4.69) is 23.3 Å². The number of carbonyl (C=O) groups is 3. The number of alkyl carbamates (subject to hydrolysis) is 1. The van der Waals surface area contributed by atoms with Gasteiger partial charge in [0, 0.05) is 17.9 Å². The summed E-state index contributed by atoms with van der Waals surface area (Å²) in [5, 5.41) is 16.8. The van der Waals surface area contributed by atoms with Crippen molar-refractivity contribution < 1.29 is 24.2 Å². The molecule has 3 amide bonds. The van der Waals surface area contributed by atoms with Crippen LogP contribution >= 0.6 is 24.2 Å². The van der Waals surface area contributed by atoms with Gasteiger partial charge in [-0.2, -0.15) is 12.6 Å². The molecule has 0 aliphatic heterocycles. The van der Waals surface area contributed by atoms with E-state index in [1.807, 2.05) is 19.9 Å². The van der Waals surface area contributed by atoms with E-state index in [9.17, 15) is 19.5 Å². The van der Waals surface area contributed by atoms with Crippen LogP contribution in [-0.4, -0.2) is 51.9 Å². The van der Waals surface area contributed by atoms with E-state index in [1.165, 1.54) is 4.90 Å². The highest BCUT2D eigenvalue weighted by Gasteiger charge is 2.37. The first-order valence-electron chi connectivity index (χ1n) is 13.1. The van der Waals surface area contributed by atoms with E-state index in [4.69, 9.17) is 16.3 Å². The Kier molecular flexibility index (Phi) is 12.0. The number of aromatic hydroxyl groups is 1. The molecule has 8 nitrogen and oxygen atoms in total. The SMILES string of the molecule is CCCCCN(C(=O)C(CS)NC(=O)OC(C)(C)C)C(C(=O)Nc1c(C)cccc1Cl)c1cccc(C)c1O. The maximum Gasteiger partial charge on any atom is 0.408 e. The molecule has 0 saturated heterocycles. The van der Waals surface area contributed by atoms with Gasteiger partial charge in [0.2, 0.25) is 5.91 Å². The number of amides is 3. The Bertz CT molecular complexity index is 1150. The third-order valence-electron chi connectivity index (χ3n) is 6.05. The molecule has 0 aliphatic rings. The van der Waals surface area contributed by atoms with Gasteiger partial charge in [-0.25, -0.2) is 4.79 Å². The molecule has 214 valence electrons. The quantitative estimate of drug-likeness (QED) is 0.188. The molecule has 0 radical (unpaired) electrons. The average Bonchev–Trinajstić information content (AvgIpc) is 2.85. The second-order valence-corrected chi connectivity index (χ2v) is 11.2. The number of unbranched alkanes of at least 4 members (excludes halogenated alkanes) is 2. The number of thiol groups is 1. The Morgan fingerprint density at radius 2 is 1.72 bits per heavy atom. The minimum atomic E-state index is -1.22. The Hall–Kier alpha value is -2.91. The van der Waals surface area contributed by atoms with E-state index in [1.54, 1.807) is 58.0 Å². The Labute approximate surface area is 241 Å². The molecule has 0 bridgehead atoms. The van der Waals surface area contributed by atoms with Crippen molar-refractivity contribution in [1.29, 1.82) is 0 Å². The van der Waals surface area contributed by atoms with Crippen molar-refractivity contribution in [3.8, 4) is 5.75 Å². The van der Waals surface area contributed by atoms with Gasteiger partial charge < -0.3 is 25.4 Å². The summed E-state index contributed by atoms with van der Waals surface area (Å²) in [6.07, 6.45) is 1.54. The second kappa shape index (κ2) is 14.5. The third kappa shape index (κ3) is 9.07. The van der Waals surface area contributed by atoms with Gasteiger partial charge >= 0.3 is 6.09 Å². The molecule has 0 aliphatic carbocycles. The summed E-state index contributed by atoms with van der Waals surface area (Å²) in [5.74, 6) is -1.19. The smallest absolute Gasteiger partial charge is 0.408 e. The minimum Gasteiger partial charge on any atom is -0.507 e. The second-order valence-electron chi connectivity index (χ2n) is 10.5. The summed E-state index contributed by atoms with van der Waals surface area (Å²) >= 11 is 10.7. The number of halogens is 1. The Morgan fingerprint density at radius 1 is 1.08 bits per heavy atom. The molecule has 0 spiro atoms. The third-order valence-corrected chi connectivity index (χ3v) is 6.73. The van der Waals surface area contributed by atoms with Crippen LogP contribution in [0.2, 0.25) is 5.02 Å². The number of benzene rings is 2. The molecule has 0 saturated carbocycles. The zero-order valence-electron chi connectivity index (χ0n) is 23.5. The largest absolute Gasteiger partial charge is 0.507 e. The standard InChI is InChI=1S/C29H40ClN3O5S/c1-7-8-9-16-33(27(36)22(17-39)31-28(37)38-29(4,5)6)24(20-14-10-13-19(3)25(20)34)26(35)32-23-18(2)12-11-15-21(23)30/h10-15,22,24,34,39H,7-9,16-17H2,1-6H3,(H,31,37)(H,32,35). The first-order valence-corrected chi connectivity index (χ1v) is 14.1. The Balaban J connectivity index is 2.58. The number of aryl methyl sites for hydroxylation is 2. The molecule has 3 N–H and O–H groups in total. The normalized spacial score (nSPS) is 12.8. The lowest BCUT2D eigenvalue weighted by Crippen LogP contribution is -2.53. The van der Waals surface area contributed by atoms with E-state index < -0.39 is 35.6 Å². The summed E-state index contributed by atoms with van der Waals surface area (Å²) in [6, 6.07) is 8.01. The number of carbonyl (C=O) groups excluding carboxylic acids is 3. The monoisotopic (exact) mass is 577 g/mol. The summed E-state index contributed by atoms with van der Waals surface area (Å²) in [6.45, 7) is 10.9. The molecule has 0 aromatic heterocycles. The molecule has 0 heterocycles. The van der Waals surface area contributed by atoms with E-state index >= 15 is 0 Å². The number of nitrogens with zero attached hydrogens (tertiary/aromatic N) is 1. The van der Waals surface area contributed by atoms with Crippen molar-refractivity contribution in [2.75, 3.05) is 17.6 Å². The molecule has 2 rings (SSSR count). The summed E-state index contributed by atoms with van der Waals surface area (Å²) in [7, 11) is 0. The molecule has 39 heavy (non-hydrogen) atoms. The van der Waals surface area contributed by atoms with Crippen molar-refractivity contribution in [1.82, 2.24) is 10.2 Å². The van der Waals surface area contributed by atoms with Crippen LogP contribution in [0.4, 0.5) is 10.5 Å². The van der Waals surface area contributed by atoms with Crippen LogP contribution in [0.25, 0.3) is 0 Å². The predicted octanol–water partition coefficient (Wildman–Crippen LogP) is 6.18. The van der Waals surface area contributed by atoms with Crippen molar-refractivity contribution in [3.63, 3.8) is 0 Å². The summed E-state index contributed by atoms with van der Waals surface area (Å²) < 4.78 is 5.34. The van der Waals surface area contributed by atoms with Crippen LogP contribution in [0.1, 0.15) is 69.7 Å². The number of para-hydroxylation sites is 2. The fourth-order valence-corrected chi connectivity index (χ4v) is 4.59. The zero-order valence-corrected chi connectivity index (χ0v) is 25.2. The number of anilines is 1. The van der Waals surface area contributed by atoms with E-state index in [0.29, 0.717) is 22.7 Å².